The first-order valence-electron chi connectivity index (χ1n) is 6.77. The van der Waals surface area contributed by atoms with Crippen LogP contribution in [0.2, 0.25) is 0 Å². The van der Waals surface area contributed by atoms with E-state index in [4.69, 9.17) is 0 Å². The van der Waals surface area contributed by atoms with Crippen molar-refractivity contribution in [1.29, 1.82) is 0 Å². The van der Waals surface area contributed by atoms with Crippen LogP contribution in [0.5, 0.6) is 0 Å². The van der Waals surface area contributed by atoms with Crippen LogP contribution in [0.15, 0.2) is 23.4 Å². The molecule has 1 aliphatic heterocycles. The molecule has 0 radical (unpaired) electrons. The lowest BCUT2D eigenvalue weighted by molar-refractivity contribution is -0.167. The summed E-state index contributed by atoms with van der Waals surface area (Å²) in [5.74, 6) is -1.97. The minimum absolute atomic E-state index is 0.00407. The predicted molar refractivity (Wildman–Crippen MR) is 64.2 cm³/mol. The van der Waals surface area contributed by atoms with E-state index in [-0.39, 0.29) is 17.4 Å². The Kier molecular flexibility index (Phi) is 2.95. The van der Waals surface area contributed by atoms with E-state index in [0.717, 1.165) is 32.4 Å². The second kappa shape index (κ2) is 4.39. The summed E-state index contributed by atoms with van der Waals surface area (Å²) in [6.45, 7) is 1.56. The molecule has 2 bridgehead atoms. The Labute approximate surface area is 110 Å². The summed E-state index contributed by atoms with van der Waals surface area (Å²) in [6.07, 6.45) is 2.53. The maximum Gasteiger partial charge on any atom is 0.454 e. The Hall–Kier alpha value is -1.26. The smallest absolute Gasteiger partial charge is 0.374 e. The molecular formula is C14H16F3NO. The van der Waals surface area contributed by atoms with Crippen LogP contribution in [0.3, 0.4) is 0 Å². The minimum atomic E-state index is -4.76. The van der Waals surface area contributed by atoms with E-state index in [1.807, 2.05) is 11.0 Å². The highest BCUT2D eigenvalue weighted by molar-refractivity contribution is 6.01. The Morgan fingerprint density at radius 2 is 1.68 bits per heavy atom. The maximum absolute atomic E-state index is 12.8. The van der Waals surface area contributed by atoms with E-state index in [1.54, 1.807) is 6.08 Å². The Morgan fingerprint density at radius 3 is 2.21 bits per heavy atom. The number of alkyl halides is 3. The SMILES string of the molecule is O=C(C1=C(N2CCCC2)C2C=CC1CC2)C(F)(F)F. The number of hydrogen-bond acceptors (Lipinski definition) is 2. The molecule has 104 valence electrons. The van der Waals surface area contributed by atoms with Gasteiger partial charge in [0.25, 0.3) is 5.78 Å². The van der Waals surface area contributed by atoms with E-state index < -0.39 is 12.0 Å². The van der Waals surface area contributed by atoms with Crippen molar-refractivity contribution < 1.29 is 18.0 Å². The van der Waals surface area contributed by atoms with E-state index >= 15 is 0 Å². The van der Waals surface area contributed by atoms with Crippen molar-refractivity contribution in [3.63, 3.8) is 0 Å². The first kappa shape index (κ1) is 12.8. The fourth-order valence-electron chi connectivity index (χ4n) is 3.48. The lowest BCUT2D eigenvalue weighted by Crippen LogP contribution is -2.39. The quantitative estimate of drug-likeness (QED) is 0.719. The molecule has 0 amide bonds. The predicted octanol–water partition coefficient (Wildman–Crippen LogP) is 3.06. The van der Waals surface area contributed by atoms with Gasteiger partial charge >= 0.3 is 6.18 Å². The number of Topliss-reactive ketones (excluding diaryl/α,β-unsaturated/α-hetero) is 1. The van der Waals surface area contributed by atoms with Crippen LogP contribution in [-0.2, 0) is 4.79 Å². The summed E-state index contributed by atoms with van der Waals surface area (Å²) in [5, 5.41) is 0. The number of allylic oxidation sites excluding steroid dienone is 3. The number of carbonyl (C=O) groups is 1. The Balaban J connectivity index is 2.03. The van der Waals surface area contributed by atoms with E-state index in [1.165, 1.54) is 0 Å². The van der Waals surface area contributed by atoms with Crippen molar-refractivity contribution in [2.45, 2.75) is 31.9 Å². The zero-order valence-electron chi connectivity index (χ0n) is 10.5. The van der Waals surface area contributed by atoms with Crippen molar-refractivity contribution in [1.82, 2.24) is 4.90 Å². The highest BCUT2D eigenvalue weighted by atomic mass is 19.4. The molecule has 2 unspecified atom stereocenters. The highest BCUT2D eigenvalue weighted by Crippen LogP contribution is 2.45. The normalized spacial score (nSPS) is 30.4. The van der Waals surface area contributed by atoms with E-state index in [0.29, 0.717) is 12.1 Å². The largest absolute Gasteiger partial charge is 0.454 e. The molecule has 4 rings (SSSR count). The van der Waals surface area contributed by atoms with Gasteiger partial charge in [-0.05, 0) is 25.7 Å². The van der Waals surface area contributed by atoms with Gasteiger partial charge in [-0.25, -0.2) is 0 Å². The van der Waals surface area contributed by atoms with Crippen LogP contribution < -0.4 is 0 Å². The van der Waals surface area contributed by atoms with Gasteiger partial charge in [-0.15, -0.1) is 0 Å². The standard InChI is InChI=1S/C14H16F3NO/c15-14(16,17)13(19)11-9-3-5-10(6-4-9)12(11)18-7-1-2-8-18/h3,5,9-10H,1-2,4,6-8H2. The lowest BCUT2D eigenvalue weighted by Gasteiger charge is -2.39. The van der Waals surface area contributed by atoms with Gasteiger partial charge in [0.05, 0.1) is 0 Å². The molecule has 0 spiro atoms. The van der Waals surface area contributed by atoms with Crippen LogP contribution >= 0.6 is 0 Å². The summed E-state index contributed by atoms with van der Waals surface area (Å²) in [7, 11) is 0. The van der Waals surface area contributed by atoms with Gasteiger partial charge in [-0.3, -0.25) is 4.79 Å². The maximum atomic E-state index is 12.8. The second-order valence-corrected chi connectivity index (χ2v) is 5.50. The first-order valence-corrected chi connectivity index (χ1v) is 6.77. The number of ketones is 1. The monoisotopic (exact) mass is 271 g/mol. The van der Waals surface area contributed by atoms with Crippen LogP contribution in [0.4, 0.5) is 13.2 Å². The fourth-order valence-corrected chi connectivity index (χ4v) is 3.48. The molecule has 0 aromatic rings. The van der Waals surface area contributed by atoms with Crippen molar-refractivity contribution in [2.24, 2.45) is 11.8 Å². The topological polar surface area (TPSA) is 20.3 Å². The van der Waals surface area contributed by atoms with Crippen molar-refractivity contribution in [3.05, 3.63) is 23.4 Å². The molecule has 0 N–H and O–H groups in total. The van der Waals surface area contributed by atoms with Crippen molar-refractivity contribution in [3.8, 4) is 0 Å². The third-order valence-corrected chi connectivity index (χ3v) is 4.31. The summed E-state index contributed by atoms with van der Waals surface area (Å²) in [6, 6.07) is 0. The first-order chi connectivity index (χ1) is 8.98. The number of hydrogen-bond donors (Lipinski definition) is 0. The zero-order valence-corrected chi connectivity index (χ0v) is 10.5. The van der Waals surface area contributed by atoms with Gasteiger partial charge in [0.1, 0.15) is 0 Å². The number of halogens is 3. The average Bonchev–Trinajstić information content (AvgIpc) is 2.90. The Morgan fingerprint density at radius 1 is 1.11 bits per heavy atom. The van der Waals surface area contributed by atoms with Gasteiger partial charge in [-0.1, -0.05) is 12.2 Å². The number of nitrogens with zero attached hydrogens (tertiary/aromatic N) is 1. The minimum Gasteiger partial charge on any atom is -0.374 e. The fraction of sp³-hybridized carbons (Fsp3) is 0.643. The second-order valence-electron chi connectivity index (χ2n) is 5.50. The number of likely N-dealkylation sites (tertiary alicyclic amines) is 1. The lowest BCUT2D eigenvalue weighted by atomic mass is 9.72. The van der Waals surface area contributed by atoms with E-state index in [9.17, 15) is 18.0 Å². The molecule has 4 aliphatic rings. The van der Waals surface area contributed by atoms with Gasteiger partial charge in [0, 0.05) is 36.2 Å². The van der Waals surface area contributed by atoms with Gasteiger partial charge in [0.2, 0.25) is 0 Å². The summed E-state index contributed by atoms with van der Waals surface area (Å²) in [4.78, 5) is 13.7. The molecule has 5 heteroatoms. The van der Waals surface area contributed by atoms with Crippen LogP contribution in [0.1, 0.15) is 25.7 Å². The molecule has 2 nitrogen and oxygen atoms in total. The number of rotatable bonds is 2. The van der Waals surface area contributed by atoms with Crippen molar-refractivity contribution >= 4 is 5.78 Å². The molecule has 2 atom stereocenters. The van der Waals surface area contributed by atoms with E-state index in [2.05, 4.69) is 0 Å². The molecule has 0 aromatic carbocycles. The molecule has 1 heterocycles. The highest BCUT2D eigenvalue weighted by Gasteiger charge is 2.47. The summed E-state index contributed by atoms with van der Waals surface area (Å²) in [5.41, 5.74) is 0.687. The molecular weight excluding hydrogens is 255 g/mol. The van der Waals surface area contributed by atoms with Crippen LogP contribution in [0.25, 0.3) is 0 Å². The molecule has 0 aromatic heterocycles. The number of carbonyl (C=O) groups excluding carboxylic acids is 1. The van der Waals surface area contributed by atoms with Gasteiger partial charge in [-0.2, -0.15) is 13.2 Å². The van der Waals surface area contributed by atoms with Crippen molar-refractivity contribution in [2.75, 3.05) is 13.1 Å². The molecule has 1 fully saturated rings. The molecule has 3 aliphatic carbocycles. The molecule has 19 heavy (non-hydrogen) atoms. The van der Waals surface area contributed by atoms with Gasteiger partial charge in [0.15, 0.2) is 0 Å². The average molecular weight is 271 g/mol. The summed E-state index contributed by atoms with van der Waals surface area (Å²) < 4.78 is 38.4. The zero-order chi connectivity index (χ0) is 13.6. The molecule has 0 saturated carbocycles. The third kappa shape index (κ3) is 2.09. The van der Waals surface area contributed by atoms with Gasteiger partial charge < -0.3 is 4.90 Å². The summed E-state index contributed by atoms with van der Waals surface area (Å²) >= 11 is 0. The molecule has 1 saturated heterocycles. The third-order valence-electron chi connectivity index (χ3n) is 4.31. The van der Waals surface area contributed by atoms with Crippen LogP contribution in [0, 0.1) is 11.8 Å². The van der Waals surface area contributed by atoms with Crippen LogP contribution in [-0.4, -0.2) is 29.9 Å². The Bertz CT molecular complexity index is 458. The number of fused-ring (bicyclic) bond motifs is 1.